The Morgan fingerprint density at radius 1 is 1.38 bits per heavy atom. The van der Waals surface area contributed by atoms with Crippen molar-refractivity contribution in [3.05, 3.63) is 34.5 Å². The van der Waals surface area contributed by atoms with Crippen LogP contribution in [0, 0.1) is 13.8 Å². The minimum absolute atomic E-state index is 0.153. The first-order chi connectivity index (χ1) is 10.1. The summed E-state index contributed by atoms with van der Waals surface area (Å²) in [6, 6.07) is 0. The van der Waals surface area contributed by atoms with Gasteiger partial charge in [0, 0.05) is 24.9 Å². The quantitative estimate of drug-likeness (QED) is 0.741. The van der Waals surface area contributed by atoms with Gasteiger partial charge < -0.3 is 4.52 Å². The molecule has 7 heteroatoms. The lowest BCUT2D eigenvalue weighted by Gasteiger charge is -2.06. The third kappa shape index (κ3) is 2.61. The molecule has 0 saturated heterocycles. The van der Waals surface area contributed by atoms with Crippen LogP contribution in [0.5, 0.6) is 0 Å². The van der Waals surface area contributed by atoms with Crippen LogP contribution < -0.4 is 0 Å². The van der Waals surface area contributed by atoms with Crippen LogP contribution in [0.4, 0.5) is 0 Å². The molecule has 0 aliphatic heterocycles. The number of hydrogen-bond donors (Lipinski definition) is 0. The Morgan fingerprint density at radius 2 is 2.19 bits per heavy atom. The van der Waals surface area contributed by atoms with E-state index in [0.29, 0.717) is 11.7 Å². The lowest BCUT2D eigenvalue weighted by molar-refractivity contribution is 0.358. The average molecular weight is 303 g/mol. The molecule has 110 valence electrons. The highest BCUT2D eigenvalue weighted by atomic mass is 32.1. The summed E-state index contributed by atoms with van der Waals surface area (Å²) in [5.41, 5.74) is 5.25. The van der Waals surface area contributed by atoms with Gasteiger partial charge in [-0.15, -0.1) is 11.3 Å². The van der Waals surface area contributed by atoms with Gasteiger partial charge in [0.05, 0.1) is 16.1 Å². The molecule has 0 bridgehead atoms. The third-order valence-electron chi connectivity index (χ3n) is 3.69. The Morgan fingerprint density at radius 3 is 2.81 bits per heavy atom. The number of rotatable bonds is 4. The van der Waals surface area contributed by atoms with E-state index >= 15 is 0 Å². The third-order valence-corrected chi connectivity index (χ3v) is 4.45. The first-order valence-electron chi connectivity index (χ1n) is 6.77. The molecule has 0 aromatic carbocycles. The molecule has 3 aromatic rings. The van der Waals surface area contributed by atoms with Crippen LogP contribution in [0.25, 0.3) is 10.7 Å². The lowest BCUT2D eigenvalue weighted by Crippen LogP contribution is -2.01. The average Bonchev–Trinajstić information content (AvgIpc) is 3.15. The van der Waals surface area contributed by atoms with Crippen molar-refractivity contribution in [1.29, 1.82) is 0 Å². The van der Waals surface area contributed by atoms with Gasteiger partial charge in [0.25, 0.3) is 0 Å². The first-order valence-corrected chi connectivity index (χ1v) is 7.65. The molecule has 0 spiro atoms. The van der Waals surface area contributed by atoms with E-state index in [9.17, 15) is 0 Å². The van der Waals surface area contributed by atoms with Gasteiger partial charge in [0.2, 0.25) is 11.7 Å². The molecule has 3 aromatic heterocycles. The highest BCUT2D eigenvalue weighted by Gasteiger charge is 2.19. The zero-order chi connectivity index (χ0) is 15.0. The van der Waals surface area contributed by atoms with E-state index in [1.807, 2.05) is 18.7 Å². The summed E-state index contributed by atoms with van der Waals surface area (Å²) in [7, 11) is 1.96. The summed E-state index contributed by atoms with van der Waals surface area (Å²) in [5, 5.41) is 8.48. The van der Waals surface area contributed by atoms with Gasteiger partial charge in [-0.25, -0.2) is 0 Å². The monoisotopic (exact) mass is 303 g/mol. The predicted molar refractivity (Wildman–Crippen MR) is 80.2 cm³/mol. The molecule has 3 heterocycles. The van der Waals surface area contributed by atoms with Gasteiger partial charge in [-0.2, -0.15) is 10.1 Å². The summed E-state index contributed by atoms with van der Waals surface area (Å²) < 4.78 is 7.31. The highest BCUT2D eigenvalue weighted by molar-refractivity contribution is 7.13. The molecular formula is C14H17N5OS. The lowest BCUT2D eigenvalue weighted by atomic mass is 9.99. The van der Waals surface area contributed by atoms with Crippen LogP contribution in [0.1, 0.15) is 35.7 Å². The fourth-order valence-electron chi connectivity index (χ4n) is 2.37. The number of nitrogens with zero attached hydrogens (tertiary/aromatic N) is 5. The van der Waals surface area contributed by atoms with E-state index in [4.69, 9.17) is 4.52 Å². The van der Waals surface area contributed by atoms with Crippen LogP contribution in [-0.4, -0.2) is 24.9 Å². The first kappa shape index (κ1) is 13.9. The molecule has 0 aliphatic carbocycles. The van der Waals surface area contributed by atoms with Crippen molar-refractivity contribution in [2.24, 2.45) is 7.05 Å². The molecule has 1 atom stereocenters. The minimum Gasteiger partial charge on any atom is -0.339 e. The van der Waals surface area contributed by atoms with Crippen LogP contribution in [0.3, 0.4) is 0 Å². The minimum atomic E-state index is 0.153. The molecule has 0 amide bonds. The standard InChI is InChI=1S/C14H17N5OS/c1-8(5-11-9(2)17-19(4)10(11)3)14-16-13(18-20-14)12-6-15-7-21-12/h6-8H,5H2,1-4H3. The van der Waals surface area contributed by atoms with Crippen molar-refractivity contribution in [3.63, 3.8) is 0 Å². The molecule has 6 nitrogen and oxygen atoms in total. The Hall–Kier alpha value is -2.02. The molecule has 21 heavy (non-hydrogen) atoms. The largest absolute Gasteiger partial charge is 0.339 e. The van der Waals surface area contributed by atoms with Crippen molar-refractivity contribution in [1.82, 2.24) is 24.9 Å². The summed E-state index contributed by atoms with van der Waals surface area (Å²) in [6.07, 6.45) is 2.59. The second-order valence-corrected chi connectivity index (χ2v) is 6.09. The van der Waals surface area contributed by atoms with E-state index < -0.39 is 0 Å². The molecule has 0 fully saturated rings. The van der Waals surface area contributed by atoms with Gasteiger partial charge in [0.15, 0.2) is 0 Å². The van der Waals surface area contributed by atoms with Crippen molar-refractivity contribution in [2.75, 3.05) is 0 Å². The Balaban J connectivity index is 1.81. The normalized spacial score (nSPS) is 12.8. The molecule has 0 N–H and O–H groups in total. The van der Waals surface area contributed by atoms with E-state index in [0.717, 1.165) is 17.0 Å². The molecule has 0 saturated carbocycles. The zero-order valence-corrected chi connectivity index (χ0v) is 13.3. The van der Waals surface area contributed by atoms with E-state index in [1.54, 1.807) is 11.7 Å². The van der Waals surface area contributed by atoms with Crippen LogP contribution >= 0.6 is 11.3 Å². The van der Waals surface area contributed by atoms with Gasteiger partial charge >= 0.3 is 0 Å². The molecule has 3 rings (SSSR count). The maximum atomic E-state index is 5.40. The number of hydrogen-bond acceptors (Lipinski definition) is 6. The summed E-state index contributed by atoms with van der Waals surface area (Å²) >= 11 is 1.50. The second-order valence-electron chi connectivity index (χ2n) is 5.20. The number of thiazole rings is 1. The summed E-state index contributed by atoms with van der Waals surface area (Å²) in [4.78, 5) is 9.43. The van der Waals surface area contributed by atoms with Crippen molar-refractivity contribution in [3.8, 4) is 10.7 Å². The summed E-state index contributed by atoms with van der Waals surface area (Å²) in [6.45, 7) is 6.21. The molecule has 0 radical (unpaired) electrons. The van der Waals surface area contributed by atoms with Crippen molar-refractivity contribution >= 4 is 11.3 Å². The van der Waals surface area contributed by atoms with Crippen molar-refractivity contribution < 1.29 is 4.52 Å². The maximum absolute atomic E-state index is 5.40. The number of aryl methyl sites for hydroxylation is 2. The van der Waals surface area contributed by atoms with Crippen LogP contribution in [0.15, 0.2) is 16.2 Å². The fourth-order valence-corrected chi connectivity index (χ4v) is 2.91. The Bertz CT molecular complexity index is 744. The van der Waals surface area contributed by atoms with Gasteiger partial charge in [-0.3, -0.25) is 9.67 Å². The number of aromatic nitrogens is 5. The fraction of sp³-hybridized carbons (Fsp3) is 0.429. The van der Waals surface area contributed by atoms with Gasteiger partial charge in [-0.1, -0.05) is 12.1 Å². The van der Waals surface area contributed by atoms with E-state index in [-0.39, 0.29) is 5.92 Å². The molecule has 0 aliphatic rings. The zero-order valence-electron chi connectivity index (χ0n) is 12.5. The van der Waals surface area contributed by atoms with Gasteiger partial charge in [0.1, 0.15) is 0 Å². The second kappa shape index (κ2) is 5.40. The maximum Gasteiger partial charge on any atom is 0.230 e. The van der Waals surface area contributed by atoms with Crippen molar-refractivity contribution in [2.45, 2.75) is 33.1 Å². The van der Waals surface area contributed by atoms with Crippen LogP contribution in [-0.2, 0) is 13.5 Å². The predicted octanol–water partition coefficient (Wildman–Crippen LogP) is 2.89. The molecule has 1 unspecified atom stereocenters. The topological polar surface area (TPSA) is 69.6 Å². The van der Waals surface area contributed by atoms with E-state index in [1.165, 1.54) is 22.6 Å². The van der Waals surface area contributed by atoms with Gasteiger partial charge in [-0.05, 0) is 25.8 Å². The van der Waals surface area contributed by atoms with E-state index in [2.05, 4.69) is 34.1 Å². The van der Waals surface area contributed by atoms with Crippen LogP contribution in [0.2, 0.25) is 0 Å². The summed E-state index contributed by atoms with van der Waals surface area (Å²) in [5.74, 6) is 1.42. The Kier molecular flexibility index (Phi) is 3.59. The smallest absolute Gasteiger partial charge is 0.230 e. The molecular weight excluding hydrogens is 286 g/mol. The Labute approximate surface area is 126 Å². The SMILES string of the molecule is Cc1nn(C)c(C)c1CC(C)c1nc(-c2cncs2)no1. The highest BCUT2D eigenvalue weighted by Crippen LogP contribution is 2.26.